The van der Waals surface area contributed by atoms with Crippen LogP contribution in [0, 0.1) is 22.0 Å². The van der Waals surface area contributed by atoms with Crippen molar-refractivity contribution < 1.29 is 0 Å². The minimum Gasteiger partial charge on any atom is -0.276 e. The topological polar surface area (TPSA) is 273 Å². The van der Waals surface area contributed by atoms with E-state index in [1.54, 1.807) is 82.2 Å². The lowest BCUT2D eigenvalue weighted by atomic mass is 10.2. The highest BCUT2D eigenvalue weighted by Crippen LogP contribution is 2.37. The van der Waals surface area contributed by atoms with Crippen molar-refractivity contribution in [2.75, 3.05) is 15.0 Å². The second kappa shape index (κ2) is 17.4. The summed E-state index contributed by atoms with van der Waals surface area (Å²) in [5.41, 5.74) is 25.8. The van der Waals surface area contributed by atoms with Crippen molar-refractivity contribution in [3.8, 4) is 17.1 Å². The van der Waals surface area contributed by atoms with E-state index < -0.39 is 0 Å². The number of anilines is 3. The fourth-order valence-corrected chi connectivity index (χ4v) is 8.06. The molecule has 0 saturated carbocycles. The summed E-state index contributed by atoms with van der Waals surface area (Å²) in [6, 6.07) is 20.7. The molecule has 0 aliphatic carbocycles. The third-order valence-electron chi connectivity index (χ3n) is 6.71. The van der Waals surface area contributed by atoms with Crippen molar-refractivity contribution in [3.63, 3.8) is 0 Å². The zero-order valence-electron chi connectivity index (χ0n) is 26.9. The first kappa shape index (κ1) is 38.1. The lowest BCUT2D eigenvalue weighted by molar-refractivity contribution is 0.746. The number of hydrogen-bond acceptors (Lipinski definition) is 22. The largest absolute Gasteiger partial charge is 0.276 e. The van der Waals surface area contributed by atoms with Crippen LogP contribution in [0.2, 0.25) is 0 Å². The van der Waals surface area contributed by atoms with Crippen molar-refractivity contribution in [1.82, 2.24) is 60.6 Å². The zero-order valence-corrected chi connectivity index (χ0v) is 32.0. The predicted molar refractivity (Wildman–Crippen MR) is 209 cm³/mol. The molecule has 28 heteroatoms. The van der Waals surface area contributed by atoms with E-state index in [2.05, 4.69) is 101 Å². The van der Waals surface area contributed by atoms with Gasteiger partial charge < -0.3 is 0 Å². The van der Waals surface area contributed by atoms with E-state index in [1.165, 1.54) is 36.3 Å². The van der Waals surface area contributed by atoms with E-state index in [1.807, 2.05) is 0 Å². The van der Waals surface area contributed by atoms with E-state index >= 15 is 0 Å². The summed E-state index contributed by atoms with van der Waals surface area (Å²) in [4.78, 5) is 0. The van der Waals surface area contributed by atoms with Crippen LogP contribution in [-0.2, 0) is 0 Å². The molecule has 22 nitrogen and oxygen atoms in total. The van der Waals surface area contributed by atoms with Gasteiger partial charge in [0, 0.05) is 0 Å². The fraction of sp³-hybridized carbons (Fsp3) is 0. The van der Waals surface area contributed by atoms with Crippen molar-refractivity contribution in [2.24, 2.45) is 15.7 Å². The molecule has 3 heterocycles. The van der Waals surface area contributed by atoms with E-state index in [-0.39, 0.29) is 10.2 Å². The maximum atomic E-state index is 8.55. The van der Waals surface area contributed by atoms with Crippen LogP contribution in [0.25, 0.3) is 17.1 Å². The van der Waals surface area contributed by atoms with Gasteiger partial charge in [0.05, 0.1) is 44.2 Å². The highest BCUT2D eigenvalue weighted by Gasteiger charge is 2.19. The van der Waals surface area contributed by atoms with E-state index in [0.717, 1.165) is 26.6 Å². The quantitative estimate of drug-likeness (QED) is 0.0145. The van der Waals surface area contributed by atoms with Gasteiger partial charge in [-0.25, -0.2) is 10.0 Å². The molecule has 0 fully saturated rings. The number of rotatable bonds is 16. The number of thiol groups is 2. The average molecular weight is 835 g/mol. The van der Waals surface area contributed by atoms with Gasteiger partial charge in [0.2, 0.25) is 15.5 Å². The normalized spacial score (nSPS) is 10.8. The first-order valence-electron chi connectivity index (χ1n) is 14.4. The number of aromatic nitrogens is 12. The Morgan fingerprint density at radius 1 is 0.537 bits per heavy atom. The summed E-state index contributed by atoms with van der Waals surface area (Å²) in [6.45, 7) is 7.37. The van der Waals surface area contributed by atoms with Gasteiger partial charge in [-0.15, -0.1) is 40.6 Å². The van der Waals surface area contributed by atoms with Gasteiger partial charge in [-0.1, -0.05) is 28.8 Å². The first-order chi connectivity index (χ1) is 26.2. The molecule has 6 aromatic rings. The summed E-state index contributed by atoms with van der Waals surface area (Å²) >= 11 is 8.30. The number of hydrogen-bond donors (Lipinski definition) is 6. The van der Waals surface area contributed by atoms with Crippen LogP contribution in [0.5, 0.6) is 0 Å². The molecule has 3 aromatic carbocycles. The van der Waals surface area contributed by atoms with Crippen LogP contribution in [0.3, 0.4) is 0 Å². The monoisotopic (exact) mass is 834 g/mol. The molecule has 54 heavy (non-hydrogen) atoms. The summed E-state index contributed by atoms with van der Waals surface area (Å²) in [6.07, 6.45) is 0. The van der Waals surface area contributed by atoms with Gasteiger partial charge >= 0.3 is 0 Å². The second-order valence-corrected chi connectivity index (χ2v) is 15.1. The lowest BCUT2D eigenvalue weighted by Gasteiger charge is -2.19. The average Bonchev–Trinajstić information content (AvgIpc) is 3.96. The number of tetrazole rings is 3. The molecule has 0 radical (unpaired) electrons. The Bertz CT molecular complexity index is 2300. The molecule has 0 atom stereocenters. The van der Waals surface area contributed by atoms with Crippen LogP contribution >= 0.6 is 68.4 Å². The van der Waals surface area contributed by atoms with Gasteiger partial charge in [0.15, 0.2) is 5.17 Å². The van der Waals surface area contributed by atoms with Gasteiger partial charge in [-0.3, -0.25) is 5.41 Å². The third kappa shape index (κ3) is 8.42. The van der Waals surface area contributed by atoms with E-state index in [9.17, 15) is 0 Å². The van der Waals surface area contributed by atoms with Gasteiger partial charge in [0.1, 0.15) is 0 Å². The van der Waals surface area contributed by atoms with E-state index in [0.29, 0.717) is 54.6 Å². The highest BCUT2D eigenvalue weighted by atomic mass is 33.1. The van der Waals surface area contributed by atoms with Crippen molar-refractivity contribution >= 4 is 90.7 Å². The molecule has 0 amide bonds. The maximum absolute atomic E-state index is 8.55. The minimum absolute atomic E-state index is 0.0781. The molecule has 0 unspecified atom stereocenters. The Morgan fingerprint density at radius 3 is 1.20 bits per heavy atom. The molecule has 0 bridgehead atoms. The van der Waals surface area contributed by atoms with Crippen LogP contribution in [0.4, 0.5) is 17.1 Å². The van der Waals surface area contributed by atoms with Crippen molar-refractivity contribution in [1.29, 1.82) is 22.0 Å². The van der Waals surface area contributed by atoms with Crippen LogP contribution in [0.15, 0.2) is 127 Å². The summed E-state index contributed by atoms with van der Waals surface area (Å²) in [5, 5.41) is 60.3. The fourth-order valence-electron chi connectivity index (χ4n) is 4.32. The Morgan fingerprint density at radius 2 is 0.852 bits per heavy atom. The standard InChI is InChI=1S/C26H22N22S6/c1-15(49)43(34-28)17-3-7-19(8-4-17)45(36-30)23(27)51-52-24-31-37-40-46(24)21-11-13-22(14-12-21)48-26(33-39-42-48)54-53-25-32-38-41-47(25)20-9-5-18(6-10-20)44(35-29)16(2)50/h3-14,27-30,49-50H,1-2H2. The molecule has 3 aromatic heterocycles. The predicted octanol–water partition coefficient (Wildman–Crippen LogP) is 6.85. The lowest BCUT2D eigenvalue weighted by Crippen LogP contribution is -2.20. The Labute approximate surface area is 330 Å². The van der Waals surface area contributed by atoms with Gasteiger partial charge in [0.25, 0.3) is 0 Å². The molecule has 6 rings (SSSR count). The van der Waals surface area contributed by atoms with Crippen molar-refractivity contribution in [2.45, 2.75) is 15.5 Å². The Kier molecular flexibility index (Phi) is 12.3. The summed E-state index contributed by atoms with van der Waals surface area (Å²) in [5.74, 6) is 0. The molecular weight excluding hydrogens is 813 g/mol. The smallest absolute Gasteiger partial charge is 0.225 e. The Balaban J connectivity index is 1.09. The molecule has 0 spiro atoms. The highest BCUT2D eigenvalue weighted by molar-refractivity contribution is 8.82. The van der Waals surface area contributed by atoms with Gasteiger partial charge in [-0.2, -0.15) is 35.6 Å². The first-order valence-corrected chi connectivity index (χ1v) is 19.6. The van der Waals surface area contributed by atoms with Crippen LogP contribution in [-0.4, -0.2) is 65.8 Å². The Hall–Kier alpha value is -5.68. The molecule has 272 valence electrons. The van der Waals surface area contributed by atoms with Crippen LogP contribution in [0.1, 0.15) is 0 Å². The third-order valence-corrected chi connectivity index (χ3v) is 11.1. The SMILES string of the molecule is C=C(S)N(N=N)c1ccc(N(N=N)C(=N)SSc2nnnn2-c2ccc(-n3nnnc3SSc3nnnn3-c3ccc(N(N=N)C(=C)S)cc3)cc2)cc1. The zero-order chi connectivity index (χ0) is 38.2. The summed E-state index contributed by atoms with van der Waals surface area (Å²) in [7, 11) is 4.61. The number of nitrogens with zero attached hydrogens (tertiary/aromatic N) is 18. The van der Waals surface area contributed by atoms with Gasteiger partial charge in [-0.05, 0) is 147 Å². The molecular formula is C26H22N22S6. The van der Waals surface area contributed by atoms with E-state index in [4.69, 9.17) is 22.0 Å². The number of nitrogens with one attached hydrogen (secondary N) is 4. The molecule has 0 aliphatic heterocycles. The van der Waals surface area contributed by atoms with Crippen molar-refractivity contribution in [3.05, 3.63) is 96.0 Å². The molecule has 0 saturated heterocycles. The minimum atomic E-state index is -0.0781. The molecule has 4 N–H and O–H groups in total. The number of amidine groups is 1. The molecule has 0 aliphatic rings. The number of benzene rings is 3. The second-order valence-electron chi connectivity index (χ2n) is 9.88. The van der Waals surface area contributed by atoms with Crippen LogP contribution < -0.4 is 15.0 Å². The maximum Gasteiger partial charge on any atom is 0.225 e. The summed E-state index contributed by atoms with van der Waals surface area (Å²) < 4.78 is 4.61.